The van der Waals surface area contributed by atoms with Crippen LogP contribution in [0, 0.1) is 0 Å². The van der Waals surface area contributed by atoms with Crippen LogP contribution in [0.25, 0.3) is 11.1 Å². The first-order valence-corrected chi connectivity index (χ1v) is 9.05. The van der Waals surface area contributed by atoms with Crippen LogP contribution < -0.4 is 0 Å². The molecular weight excluding hydrogens is 312 g/mol. The predicted molar refractivity (Wildman–Crippen MR) is 88.3 cm³/mol. The summed E-state index contributed by atoms with van der Waals surface area (Å²) in [6.07, 6.45) is 5.67. The molecule has 1 aromatic heterocycles. The van der Waals surface area contributed by atoms with Gasteiger partial charge >= 0.3 is 0 Å². The zero-order chi connectivity index (χ0) is 16.3. The first-order valence-electron chi connectivity index (χ1n) is 7.61. The van der Waals surface area contributed by atoms with Crippen molar-refractivity contribution in [3.8, 4) is 11.1 Å². The molecule has 3 rings (SSSR count). The molecule has 0 aliphatic carbocycles. The van der Waals surface area contributed by atoms with E-state index in [1.165, 1.54) is 6.33 Å². The van der Waals surface area contributed by atoms with Gasteiger partial charge in [-0.25, -0.2) is 18.4 Å². The van der Waals surface area contributed by atoms with Crippen molar-refractivity contribution in [2.75, 3.05) is 33.2 Å². The lowest BCUT2D eigenvalue weighted by Crippen LogP contribution is -2.34. The van der Waals surface area contributed by atoms with E-state index in [1.54, 1.807) is 34.9 Å². The zero-order valence-electron chi connectivity index (χ0n) is 13.1. The second-order valence-corrected chi connectivity index (χ2v) is 7.65. The summed E-state index contributed by atoms with van der Waals surface area (Å²) in [5.74, 6) is 0. The minimum atomic E-state index is -3.47. The number of aromatic nitrogens is 2. The molecule has 0 spiro atoms. The highest BCUT2D eigenvalue weighted by Gasteiger charge is 2.26. The molecule has 0 saturated carbocycles. The van der Waals surface area contributed by atoms with Gasteiger partial charge in [-0.05, 0) is 37.7 Å². The molecule has 0 N–H and O–H groups in total. The van der Waals surface area contributed by atoms with Gasteiger partial charge in [0.25, 0.3) is 0 Å². The van der Waals surface area contributed by atoms with E-state index in [0.717, 1.165) is 30.6 Å². The van der Waals surface area contributed by atoms with E-state index in [4.69, 9.17) is 0 Å². The van der Waals surface area contributed by atoms with Crippen LogP contribution in [0.1, 0.15) is 6.42 Å². The van der Waals surface area contributed by atoms with Gasteiger partial charge in [-0.2, -0.15) is 4.31 Å². The normalized spacial score (nSPS) is 17.8. The zero-order valence-corrected chi connectivity index (χ0v) is 13.9. The average Bonchev–Trinajstić information content (AvgIpc) is 2.81. The summed E-state index contributed by atoms with van der Waals surface area (Å²) < 4.78 is 27.4. The molecule has 0 atom stereocenters. The molecule has 0 bridgehead atoms. The molecule has 0 radical (unpaired) electrons. The lowest BCUT2D eigenvalue weighted by molar-refractivity contribution is 0.347. The molecule has 0 amide bonds. The second-order valence-electron chi connectivity index (χ2n) is 5.72. The van der Waals surface area contributed by atoms with Gasteiger partial charge in [0.15, 0.2) is 0 Å². The molecule has 1 fully saturated rings. The minimum Gasteiger partial charge on any atom is -0.305 e. The van der Waals surface area contributed by atoms with Gasteiger partial charge in [0.1, 0.15) is 6.33 Å². The van der Waals surface area contributed by atoms with Gasteiger partial charge in [-0.1, -0.05) is 12.1 Å². The van der Waals surface area contributed by atoms with Crippen LogP contribution >= 0.6 is 0 Å². The van der Waals surface area contributed by atoms with Gasteiger partial charge in [0.2, 0.25) is 10.0 Å². The smallest absolute Gasteiger partial charge is 0.243 e. The van der Waals surface area contributed by atoms with Crippen LogP contribution in [0.4, 0.5) is 0 Å². The Bertz CT molecular complexity index is 765. The van der Waals surface area contributed by atoms with Crippen molar-refractivity contribution in [3.05, 3.63) is 43.0 Å². The number of nitrogens with zero attached hydrogens (tertiary/aromatic N) is 4. The fraction of sp³-hybridized carbons (Fsp3) is 0.375. The summed E-state index contributed by atoms with van der Waals surface area (Å²) in [5, 5.41) is 0. The molecule has 1 saturated heterocycles. The third-order valence-electron chi connectivity index (χ3n) is 4.04. The van der Waals surface area contributed by atoms with Gasteiger partial charge in [-0.3, -0.25) is 0 Å². The quantitative estimate of drug-likeness (QED) is 0.851. The Labute approximate surface area is 136 Å². The van der Waals surface area contributed by atoms with Crippen molar-refractivity contribution in [1.29, 1.82) is 0 Å². The maximum Gasteiger partial charge on any atom is 0.243 e. The molecule has 1 aliphatic heterocycles. The summed E-state index contributed by atoms with van der Waals surface area (Å²) in [4.78, 5) is 10.5. The Morgan fingerprint density at radius 2 is 1.78 bits per heavy atom. The molecule has 1 aromatic carbocycles. The van der Waals surface area contributed by atoms with Crippen LogP contribution in [0.2, 0.25) is 0 Å². The lowest BCUT2D eigenvalue weighted by atomic mass is 10.1. The number of benzene rings is 1. The molecule has 122 valence electrons. The van der Waals surface area contributed by atoms with E-state index < -0.39 is 10.0 Å². The molecular formula is C16H20N4O2S. The van der Waals surface area contributed by atoms with Crippen LogP contribution in [0.5, 0.6) is 0 Å². The Hall–Kier alpha value is -1.83. The van der Waals surface area contributed by atoms with Gasteiger partial charge in [0.05, 0.1) is 4.90 Å². The van der Waals surface area contributed by atoms with Gasteiger partial charge in [0, 0.05) is 37.6 Å². The number of hydrogen-bond acceptors (Lipinski definition) is 5. The van der Waals surface area contributed by atoms with Crippen molar-refractivity contribution in [1.82, 2.24) is 19.2 Å². The molecule has 7 heteroatoms. The third kappa shape index (κ3) is 3.57. The summed E-state index contributed by atoms with van der Waals surface area (Å²) in [5.41, 5.74) is 1.61. The van der Waals surface area contributed by atoms with E-state index in [2.05, 4.69) is 14.9 Å². The summed E-state index contributed by atoms with van der Waals surface area (Å²) in [6.45, 7) is 2.77. The number of rotatable bonds is 3. The Kier molecular flexibility index (Phi) is 4.70. The highest BCUT2D eigenvalue weighted by molar-refractivity contribution is 7.89. The van der Waals surface area contributed by atoms with Crippen molar-refractivity contribution < 1.29 is 8.42 Å². The Balaban J connectivity index is 1.91. The van der Waals surface area contributed by atoms with Crippen molar-refractivity contribution in [2.24, 2.45) is 0 Å². The molecule has 2 aromatic rings. The first kappa shape index (κ1) is 16.0. The fourth-order valence-electron chi connectivity index (χ4n) is 2.70. The second kappa shape index (κ2) is 6.74. The predicted octanol–water partition coefficient (Wildman–Crippen LogP) is 1.47. The summed E-state index contributed by atoms with van der Waals surface area (Å²) in [6, 6.07) is 6.98. The van der Waals surface area contributed by atoms with E-state index >= 15 is 0 Å². The van der Waals surface area contributed by atoms with Crippen LogP contribution in [0.15, 0.2) is 47.9 Å². The topological polar surface area (TPSA) is 66.4 Å². The molecule has 0 unspecified atom stereocenters. The number of hydrogen-bond donors (Lipinski definition) is 0. The van der Waals surface area contributed by atoms with Crippen LogP contribution in [0.3, 0.4) is 0 Å². The monoisotopic (exact) mass is 332 g/mol. The first-order chi connectivity index (χ1) is 11.1. The van der Waals surface area contributed by atoms with E-state index in [-0.39, 0.29) is 0 Å². The molecule has 23 heavy (non-hydrogen) atoms. The lowest BCUT2D eigenvalue weighted by Gasteiger charge is -2.20. The van der Waals surface area contributed by atoms with Crippen LogP contribution in [-0.2, 0) is 10.0 Å². The highest BCUT2D eigenvalue weighted by Crippen LogP contribution is 2.24. The van der Waals surface area contributed by atoms with Gasteiger partial charge < -0.3 is 4.90 Å². The van der Waals surface area contributed by atoms with Crippen molar-refractivity contribution in [2.45, 2.75) is 11.3 Å². The summed E-state index contributed by atoms with van der Waals surface area (Å²) >= 11 is 0. The number of sulfonamides is 1. The Morgan fingerprint density at radius 1 is 1.00 bits per heavy atom. The maximum atomic E-state index is 12.9. The van der Waals surface area contributed by atoms with Crippen LogP contribution in [-0.4, -0.2) is 60.8 Å². The molecule has 2 heterocycles. The van der Waals surface area contributed by atoms with Crippen molar-refractivity contribution >= 4 is 10.0 Å². The third-order valence-corrected chi connectivity index (χ3v) is 5.94. The highest BCUT2D eigenvalue weighted by atomic mass is 32.2. The Morgan fingerprint density at radius 3 is 2.57 bits per heavy atom. The number of likely N-dealkylation sites (N-methyl/N-ethyl adjacent to an activating group) is 1. The maximum absolute atomic E-state index is 12.9. The van der Waals surface area contributed by atoms with E-state index in [9.17, 15) is 8.42 Å². The summed E-state index contributed by atoms with van der Waals surface area (Å²) in [7, 11) is -1.45. The SMILES string of the molecule is CN1CCCN(S(=O)(=O)c2cccc(-c3cncnc3)c2)CC1. The molecule has 6 nitrogen and oxygen atoms in total. The minimum absolute atomic E-state index is 0.323. The van der Waals surface area contributed by atoms with Crippen molar-refractivity contribution in [3.63, 3.8) is 0 Å². The largest absolute Gasteiger partial charge is 0.305 e. The standard InChI is InChI=1S/C16H20N4O2S/c1-19-6-3-7-20(9-8-19)23(21,22)16-5-2-4-14(10-16)15-11-17-13-18-12-15/h2,4-5,10-13H,3,6-9H2,1H3. The fourth-order valence-corrected chi connectivity index (χ4v) is 4.21. The van der Waals surface area contributed by atoms with E-state index in [0.29, 0.717) is 18.0 Å². The average molecular weight is 332 g/mol. The molecule has 1 aliphatic rings. The van der Waals surface area contributed by atoms with Gasteiger partial charge in [-0.15, -0.1) is 0 Å². The van der Waals surface area contributed by atoms with E-state index in [1.807, 2.05) is 13.1 Å².